The first-order valence-corrected chi connectivity index (χ1v) is 10.8. The molecule has 0 fully saturated rings. The van der Waals surface area contributed by atoms with Crippen LogP contribution < -0.4 is 22.2 Å². The van der Waals surface area contributed by atoms with Gasteiger partial charge >= 0.3 is 0 Å². The number of nitrogens with two attached hydrogens (primary N) is 1. The molecule has 34 heavy (non-hydrogen) atoms. The summed E-state index contributed by atoms with van der Waals surface area (Å²) in [6, 6.07) is 12.0. The Morgan fingerprint density at radius 2 is 1.88 bits per heavy atom. The number of H-pyrrole nitrogens is 1. The fraction of sp³-hybridized carbons (Fsp3) is 0.130. The van der Waals surface area contributed by atoms with E-state index in [1.165, 1.54) is 10.9 Å². The Bertz CT molecular complexity index is 1700. The first kappa shape index (κ1) is 21.5. The van der Waals surface area contributed by atoms with Gasteiger partial charge < -0.3 is 16.0 Å². The Balaban J connectivity index is 1.74. The molecule has 5 rings (SSSR count). The van der Waals surface area contributed by atoms with Crippen LogP contribution in [0.15, 0.2) is 58.4 Å². The molecule has 0 spiro atoms. The molecule has 0 aliphatic carbocycles. The number of hydrogen-bond donors (Lipinski definition) is 3. The Hall–Kier alpha value is -4.31. The monoisotopic (exact) mass is 474 g/mol. The van der Waals surface area contributed by atoms with E-state index in [0.717, 1.165) is 5.56 Å². The number of aromatic nitrogens is 6. The highest BCUT2D eigenvalue weighted by atomic mass is 35.5. The molecule has 0 aliphatic heterocycles. The van der Waals surface area contributed by atoms with Gasteiger partial charge in [-0.1, -0.05) is 29.8 Å². The molecule has 0 bridgehead atoms. The van der Waals surface area contributed by atoms with Gasteiger partial charge in [0.2, 0.25) is 5.95 Å². The molecule has 0 aliphatic rings. The largest absolute Gasteiger partial charge is 0.368 e. The lowest BCUT2D eigenvalue weighted by molar-refractivity contribution is 0.731. The van der Waals surface area contributed by atoms with Crippen molar-refractivity contribution in [2.24, 2.45) is 0 Å². The molecule has 11 heteroatoms. The average Bonchev–Trinajstić information content (AvgIpc) is 2.78. The summed E-state index contributed by atoms with van der Waals surface area (Å²) in [6.45, 7) is 3.74. The van der Waals surface area contributed by atoms with Crippen LogP contribution >= 0.6 is 11.6 Å². The molecule has 0 saturated carbocycles. The number of nitrogens with one attached hydrogen (secondary N) is 2. The van der Waals surface area contributed by atoms with Crippen molar-refractivity contribution in [3.8, 4) is 5.69 Å². The smallest absolute Gasteiger partial charge is 0.267 e. The van der Waals surface area contributed by atoms with Gasteiger partial charge in [0.05, 0.1) is 34.0 Å². The van der Waals surface area contributed by atoms with Crippen LogP contribution in [-0.4, -0.2) is 29.5 Å². The number of halogens is 1. The topological polar surface area (TPSA) is 144 Å². The third-order valence-corrected chi connectivity index (χ3v) is 5.70. The minimum absolute atomic E-state index is 0.0466. The Morgan fingerprint density at radius 1 is 1.09 bits per heavy atom. The van der Waals surface area contributed by atoms with Crippen LogP contribution in [0.3, 0.4) is 0 Å². The SMILES string of the molecule is Cc1cccc(-n2c([C@H](C)Nc3nc(N)nc4nc[nH]c(=O)c34)nc3cccc(Cl)c3c2=O)c1. The molecular formula is C23H19ClN8O2. The standard InChI is InChI=1S/C23H19ClN8O2/c1-11-5-3-6-13(9-11)32-20(29-15-8-4-7-14(24)16(15)22(32)34)12(2)28-19-17-18(30-23(25)31-19)26-10-27-21(17)33/h3-10,12H,1-2H3,(H4,25,26,27,28,30,31,33)/t12-/m0/s1. The van der Waals surface area contributed by atoms with Gasteiger partial charge in [0, 0.05) is 0 Å². The first-order valence-electron chi connectivity index (χ1n) is 10.4. The summed E-state index contributed by atoms with van der Waals surface area (Å²) >= 11 is 6.37. The van der Waals surface area contributed by atoms with Crippen molar-refractivity contribution >= 4 is 45.3 Å². The van der Waals surface area contributed by atoms with E-state index in [4.69, 9.17) is 22.3 Å². The molecule has 2 aromatic carbocycles. The van der Waals surface area contributed by atoms with Crippen LogP contribution in [-0.2, 0) is 0 Å². The van der Waals surface area contributed by atoms with E-state index >= 15 is 0 Å². The van der Waals surface area contributed by atoms with Crippen LogP contribution in [0.4, 0.5) is 11.8 Å². The molecule has 5 aromatic rings. The predicted octanol–water partition coefficient (Wildman–Crippen LogP) is 3.13. The zero-order valence-electron chi connectivity index (χ0n) is 18.2. The zero-order chi connectivity index (χ0) is 24.0. The van der Waals surface area contributed by atoms with E-state index in [1.807, 2.05) is 31.2 Å². The maximum Gasteiger partial charge on any atom is 0.267 e. The molecule has 1 atom stereocenters. The van der Waals surface area contributed by atoms with E-state index in [9.17, 15) is 9.59 Å². The lowest BCUT2D eigenvalue weighted by Gasteiger charge is -2.21. The quantitative estimate of drug-likeness (QED) is 0.360. The second kappa shape index (κ2) is 8.23. The van der Waals surface area contributed by atoms with Crippen LogP contribution in [0.1, 0.15) is 24.4 Å². The maximum atomic E-state index is 13.7. The third-order valence-electron chi connectivity index (χ3n) is 5.39. The van der Waals surface area contributed by atoms with E-state index in [-0.39, 0.29) is 28.4 Å². The second-order valence-corrected chi connectivity index (χ2v) is 8.22. The molecule has 0 radical (unpaired) electrons. The number of nitrogens with zero attached hydrogens (tertiary/aromatic N) is 5. The van der Waals surface area contributed by atoms with Crippen LogP contribution in [0.5, 0.6) is 0 Å². The van der Waals surface area contributed by atoms with Gasteiger partial charge in [-0.15, -0.1) is 0 Å². The van der Waals surface area contributed by atoms with Crippen molar-refractivity contribution in [1.82, 2.24) is 29.5 Å². The summed E-state index contributed by atoms with van der Waals surface area (Å²) in [4.78, 5) is 45.7. The number of aromatic amines is 1. The highest BCUT2D eigenvalue weighted by Crippen LogP contribution is 2.26. The number of benzene rings is 2. The van der Waals surface area contributed by atoms with Gasteiger partial charge in [0.25, 0.3) is 11.1 Å². The minimum atomic E-state index is -0.575. The highest BCUT2D eigenvalue weighted by Gasteiger charge is 2.21. The number of fused-ring (bicyclic) bond motifs is 2. The van der Waals surface area contributed by atoms with E-state index in [2.05, 4.69) is 25.3 Å². The average molecular weight is 475 g/mol. The Kier molecular flexibility index (Phi) is 5.21. The molecular weight excluding hydrogens is 456 g/mol. The summed E-state index contributed by atoms with van der Waals surface area (Å²) < 4.78 is 1.51. The lowest BCUT2D eigenvalue weighted by Crippen LogP contribution is -2.28. The lowest BCUT2D eigenvalue weighted by atomic mass is 10.1. The second-order valence-electron chi connectivity index (χ2n) is 7.81. The molecule has 3 aromatic heterocycles. The maximum absolute atomic E-state index is 13.7. The minimum Gasteiger partial charge on any atom is -0.368 e. The van der Waals surface area contributed by atoms with Gasteiger partial charge in [0.1, 0.15) is 17.0 Å². The Labute approximate surface area is 197 Å². The van der Waals surface area contributed by atoms with Crippen LogP contribution in [0, 0.1) is 6.92 Å². The summed E-state index contributed by atoms with van der Waals surface area (Å²) in [5, 5.41) is 3.95. The zero-order valence-corrected chi connectivity index (χ0v) is 19.0. The van der Waals surface area contributed by atoms with E-state index < -0.39 is 11.6 Å². The van der Waals surface area contributed by atoms with Crippen molar-refractivity contribution in [1.29, 1.82) is 0 Å². The summed E-state index contributed by atoms with van der Waals surface area (Å²) in [6.07, 6.45) is 1.24. The van der Waals surface area contributed by atoms with Crippen molar-refractivity contribution in [3.05, 3.63) is 85.9 Å². The van der Waals surface area contributed by atoms with E-state index in [1.54, 1.807) is 25.1 Å². The fourth-order valence-electron chi connectivity index (χ4n) is 3.88. The third kappa shape index (κ3) is 3.63. The summed E-state index contributed by atoms with van der Waals surface area (Å²) in [7, 11) is 0. The molecule has 3 heterocycles. The van der Waals surface area contributed by atoms with Gasteiger partial charge in [-0.3, -0.25) is 14.2 Å². The first-order chi connectivity index (χ1) is 16.3. The van der Waals surface area contributed by atoms with Gasteiger partial charge in [0.15, 0.2) is 5.65 Å². The number of aryl methyl sites for hydroxylation is 1. The van der Waals surface area contributed by atoms with Gasteiger partial charge in [-0.2, -0.15) is 9.97 Å². The number of nitrogen functional groups attached to an aromatic ring is 1. The van der Waals surface area contributed by atoms with Gasteiger partial charge in [-0.05, 0) is 43.7 Å². The van der Waals surface area contributed by atoms with E-state index in [0.29, 0.717) is 27.4 Å². The van der Waals surface area contributed by atoms with Crippen LogP contribution in [0.25, 0.3) is 27.6 Å². The van der Waals surface area contributed by atoms with Crippen LogP contribution in [0.2, 0.25) is 5.02 Å². The molecule has 0 unspecified atom stereocenters. The van der Waals surface area contributed by atoms with Crippen molar-refractivity contribution in [2.75, 3.05) is 11.1 Å². The highest BCUT2D eigenvalue weighted by molar-refractivity contribution is 6.35. The summed E-state index contributed by atoms with van der Waals surface area (Å²) in [5.74, 6) is 0.534. The normalized spacial score (nSPS) is 12.2. The Morgan fingerprint density at radius 3 is 2.68 bits per heavy atom. The van der Waals surface area contributed by atoms with Gasteiger partial charge in [-0.25, -0.2) is 9.97 Å². The molecule has 10 nitrogen and oxygen atoms in total. The molecule has 170 valence electrons. The number of rotatable bonds is 4. The fourth-order valence-corrected chi connectivity index (χ4v) is 4.13. The predicted molar refractivity (Wildman–Crippen MR) is 131 cm³/mol. The van der Waals surface area contributed by atoms with Crippen molar-refractivity contribution in [3.63, 3.8) is 0 Å². The number of anilines is 2. The van der Waals surface area contributed by atoms with Crippen molar-refractivity contribution < 1.29 is 0 Å². The molecule has 4 N–H and O–H groups in total. The summed E-state index contributed by atoms with van der Waals surface area (Å²) in [5.41, 5.74) is 7.33. The number of hydrogen-bond acceptors (Lipinski definition) is 8. The molecule has 0 saturated heterocycles. The van der Waals surface area contributed by atoms with Crippen molar-refractivity contribution in [2.45, 2.75) is 19.9 Å². The molecule has 0 amide bonds.